The Labute approximate surface area is 251 Å². The van der Waals surface area contributed by atoms with Gasteiger partial charge in [-0.1, -0.05) is 0 Å². The summed E-state index contributed by atoms with van der Waals surface area (Å²) in [5.41, 5.74) is 3.04. The van der Waals surface area contributed by atoms with Gasteiger partial charge in [-0.25, -0.2) is 19.4 Å². The van der Waals surface area contributed by atoms with Crippen LogP contribution in [0.15, 0.2) is 54.7 Å². The molecule has 0 unspecified atom stereocenters. The fraction of sp³-hybridized carbons (Fsp3) is 0.400. The number of nitrogens with zero attached hydrogens (tertiary/aromatic N) is 7. The molecule has 11 nitrogen and oxygen atoms in total. The summed E-state index contributed by atoms with van der Waals surface area (Å²) in [5, 5.41) is 10.1. The number of alkyl halides is 3. The van der Waals surface area contributed by atoms with Crippen molar-refractivity contribution in [2.75, 3.05) is 66.8 Å². The van der Waals surface area contributed by atoms with E-state index in [0.29, 0.717) is 41.3 Å². The Morgan fingerprint density at radius 1 is 0.977 bits per heavy atom. The van der Waals surface area contributed by atoms with E-state index >= 15 is 0 Å². The number of hydrogen-bond acceptors (Lipinski definition) is 8. The molecule has 2 N–H and O–H groups in total. The van der Waals surface area contributed by atoms with Gasteiger partial charge in [-0.15, -0.1) is 0 Å². The monoisotopic (exact) mass is 607 g/mol. The van der Waals surface area contributed by atoms with Crippen molar-refractivity contribution >= 4 is 39.9 Å². The molecule has 4 aromatic rings. The number of piperazine rings is 1. The van der Waals surface area contributed by atoms with Crippen molar-refractivity contribution < 1.29 is 22.7 Å². The highest BCUT2D eigenvalue weighted by Crippen LogP contribution is 2.36. The van der Waals surface area contributed by atoms with Crippen LogP contribution < -0.4 is 20.4 Å². The molecular weight excluding hydrogens is 575 g/mol. The number of aromatic nitrogens is 4. The molecule has 44 heavy (non-hydrogen) atoms. The van der Waals surface area contributed by atoms with Crippen LogP contribution in [0.3, 0.4) is 0 Å². The highest BCUT2D eigenvalue weighted by Gasteiger charge is 2.41. The average molecular weight is 608 g/mol. The van der Waals surface area contributed by atoms with E-state index in [4.69, 9.17) is 9.72 Å². The number of halogens is 3. The Bertz CT molecular complexity index is 1650. The molecule has 3 fully saturated rings. The zero-order valence-corrected chi connectivity index (χ0v) is 24.1. The number of fused-ring (bicyclic) bond motifs is 3. The third-order valence-electron chi connectivity index (χ3n) is 8.37. The summed E-state index contributed by atoms with van der Waals surface area (Å²) in [7, 11) is 2.12. The Morgan fingerprint density at radius 3 is 2.27 bits per heavy atom. The lowest BCUT2D eigenvalue weighted by atomic mass is 10.2. The van der Waals surface area contributed by atoms with Crippen LogP contribution in [0.4, 0.5) is 40.8 Å². The first-order chi connectivity index (χ1) is 21.2. The summed E-state index contributed by atoms with van der Waals surface area (Å²) < 4.78 is 46.5. The van der Waals surface area contributed by atoms with Gasteiger partial charge in [0, 0.05) is 55.3 Å². The quantitative estimate of drug-likeness (QED) is 0.332. The largest absolute Gasteiger partial charge is 0.408 e. The van der Waals surface area contributed by atoms with Crippen LogP contribution in [-0.2, 0) is 11.3 Å². The number of nitrogens with one attached hydrogen (secondary N) is 2. The van der Waals surface area contributed by atoms with Crippen LogP contribution in [0, 0.1) is 0 Å². The van der Waals surface area contributed by atoms with Crippen molar-refractivity contribution in [1.29, 1.82) is 0 Å². The Hall–Kier alpha value is -4.43. The molecule has 3 aliphatic heterocycles. The summed E-state index contributed by atoms with van der Waals surface area (Å²) in [6, 6.07) is 14.3. The van der Waals surface area contributed by atoms with Crippen LogP contribution in [-0.4, -0.2) is 95.4 Å². The predicted octanol–water partition coefficient (Wildman–Crippen LogP) is 4.43. The number of carbonyl (C=O) groups excluding carboxylic acids is 1. The maximum absolute atomic E-state index is 13.3. The van der Waals surface area contributed by atoms with Crippen molar-refractivity contribution in [3.8, 4) is 11.4 Å². The van der Waals surface area contributed by atoms with Crippen LogP contribution in [0.1, 0.15) is 6.42 Å². The standard InChI is InChI=1S/C30H32F3N9O2/c1-39-10-12-40(13-11-39)22-8-6-21(7-9-22)36-29(43)35-20-4-2-19(3-5-20)26-37-27(41-16-24-14-23(41)17-44-24)25-15-34-42(28(25)38-26)18-30(31,32)33/h2-9,15,23-24H,10-14,16-18H2,1H3,(H2,35,36,43)/t23-,24-/m1/s1. The highest BCUT2D eigenvalue weighted by atomic mass is 19.4. The Morgan fingerprint density at radius 2 is 1.66 bits per heavy atom. The lowest BCUT2D eigenvalue weighted by Crippen LogP contribution is -2.44. The van der Waals surface area contributed by atoms with Crippen LogP contribution in [0.5, 0.6) is 0 Å². The molecule has 3 saturated heterocycles. The normalized spacial score (nSPS) is 20.5. The van der Waals surface area contributed by atoms with Crippen molar-refractivity contribution in [3.05, 3.63) is 54.7 Å². The summed E-state index contributed by atoms with van der Waals surface area (Å²) in [5.74, 6) is 0.825. The number of anilines is 4. The number of hydrogen-bond donors (Lipinski definition) is 2. The van der Waals surface area contributed by atoms with Crippen molar-refractivity contribution in [2.24, 2.45) is 0 Å². The van der Waals surface area contributed by atoms with Crippen LogP contribution in [0.2, 0.25) is 0 Å². The SMILES string of the molecule is CN1CCN(c2ccc(NC(=O)Nc3ccc(-c4nc(N5C[C@H]6C[C@@H]5CO6)c5cnn(CC(F)(F)F)c5n4)cc3)cc2)CC1. The van der Waals surface area contributed by atoms with Crippen LogP contribution in [0.25, 0.3) is 22.4 Å². The van der Waals surface area contributed by atoms with Gasteiger partial charge in [0.2, 0.25) is 0 Å². The molecule has 0 saturated carbocycles. The maximum atomic E-state index is 13.3. The number of ether oxygens (including phenoxy) is 1. The van der Waals surface area contributed by atoms with Crippen molar-refractivity contribution in [1.82, 2.24) is 24.6 Å². The Kier molecular flexibility index (Phi) is 7.25. The maximum Gasteiger partial charge on any atom is 0.408 e. The fourth-order valence-electron chi connectivity index (χ4n) is 6.05. The second kappa shape index (κ2) is 11.2. The first-order valence-corrected chi connectivity index (χ1v) is 14.6. The number of amides is 2. The first kappa shape index (κ1) is 28.3. The molecule has 230 valence electrons. The first-order valence-electron chi connectivity index (χ1n) is 14.6. The number of benzene rings is 2. The lowest BCUT2D eigenvalue weighted by Gasteiger charge is -2.34. The smallest absolute Gasteiger partial charge is 0.374 e. The third kappa shape index (κ3) is 5.86. The molecule has 7 rings (SSSR count). The van der Waals surface area contributed by atoms with Gasteiger partial charge in [-0.05, 0) is 62.0 Å². The number of morpholine rings is 1. The van der Waals surface area contributed by atoms with Crippen LogP contribution >= 0.6 is 0 Å². The molecule has 2 amide bonds. The molecule has 0 spiro atoms. The fourth-order valence-corrected chi connectivity index (χ4v) is 6.05. The van der Waals surface area contributed by atoms with Gasteiger partial charge in [0.25, 0.3) is 0 Å². The van der Waals surface area contributed by atoms with Gasteiger partial charge < -0.3 is 30.1 Å². The highest BCUT2D eigenvalue weighted by molar-refractivity contribution is 6.00. The van der Waals surface area contributed by atoms with Gasteiger partial charge >= 0.3 is 12.2 Å². The lowest BCUT2D eigenvalue weighted by molar-refractivity contribution is -0.141. The van der Waals surface area contributed by atoms with Gasteiger partial charge in [0.15, 0.2) is 11.5 Å². The average Bonchev–Trinajstić information content (AvgIpc) is 3.74. The molecule has 3 aliphatic rings. The van der Waals surface area contributed by atoms with E-state index in [1.807, 2.05) is 24.3 Å². The zero-order chi connectivity index (χ0) is 30.4. The molecule has 14 heteroatoms. The van der Waals surface area contributed by atoms with E-state index in [2.05, 4.69) is 42.5 Å². The summed E-state index contributed by atoms with van der Waals surface area (Å²) in [6.45, 7) is 3.86. The molecule has 2 atom stereocenters. The van der Waals surface area contributed by atoms with E-state index in [9.17, 15) is 18.0 Å². The molecule has 0 radical (unpaired) electrons. The van der Waals surface area contributed by atoms with Crippen molar-refractivity contribution in [2.45, 2.75) is 31.3 Å². The van der Waals surface area contributed by atoms with Gasteiger partial charge in [0.1, 0.15) is 12.4 Å². The molecule has 2 bridgehead atoms. The summed E-state index contributed by atoms with van der Waals surface area (Å²) in [6.07, 6.45) is -2.13. The van der Waals surface area contributed by atoms with E-state index in [1.165, 1.54) is 6.20 Å². The summed E-state index contributed by atoms with van der Waals surface area (Å²) in [4.78, 5) is 28.7. The number of urea groups is 1. The third-order valence-corrected chi connectivity index (χ3v) is 8.37. The minimum Gasteiger partial charge on any atom is -0.374 e. The second-order valence-corrected chi connectivity index (χ2v) is 11.5. The molecule has 5 heterocycles. The van der Waals surface area contributed by atoms with Gasteiger partial charge in [-0.2, -0.15) is 18.3 Å². The summed E-state index contributed by atoms with van der Waals surface area (Å²) >= 11 is 0. The number of likely N-dealkylation sites (N-methyl/N-ethyl adjacent to an activating group) is 1. The number of carbonyl (C=O) groups is 1. The minimum atomic E-state index is -4.45. The number of rotatable bonds is 6. The second-order valence-electron chi connectivity index (χ2n) is 11.5. The molecule has 2 aromatic heterocycles. The topological polar surface area (TPSA) is 104 Å². The molecule has 0 aliphatic carbocycles. The Balaban J connectivity index is 1.07. The predicted molar refractivity (Wildman–Crippen MR) is 161 cm³/mol. The van der Waals surface area contributed by atoms with E-state index < -0.39 is 18.8 Å². The van der Waals surface area contributed by atoms with Gasteiger partial charge in [0.05, 0.1) is 30.3 Å². The van der Waals surface area contributed by atoms with Gasteiger partial charge in [-0.3, -0.25) is 0 Å². The molecule has 2 aromatic carbocycles. The van der Waals surface area contributed by atoms with E-state index in [-0.39, 0.29) is 23.6 Å². The molecular formula is C30H32F3N9O2. The van der Waals surface area contributed by atoms with Crippen molar-refractivity contribution in [3.63, 3.8) is 0 Å². The zero-order valence-electron chi connectivity index (χ0n) is 24.1. The minimum absolute atomic E-state index is 0.0741. The van der Waals surface area contributed by atoms with E-state index in [1.54, 1.807) is 24.3 Å². The van der Waals surface area contributed by atoms with E-state index in [0.717, 1.165) is 43.0 Å².